The Hall–Kier alpha value is -0.600. The number of nitrogens with zero attached hydrogens (tertiary/aromatic N) is 2. The van der Waals surface area contributed by atoms with Crippen LogP contribution in [0.5, 0.6) is 0 Å². The minimum Gasteiger partial charge on any atom is -0.215 e. The van der Waals surface area contributed by atoms with Crippen molar-refractivity contribution in [3.05, 3.63) is 23.9 Å². The largest absolute Gasteiger partial charge is 0.215 e. The van der Waals surface area contributed by atoms with Gasteiger partial charge in [0.1, 0.15) is 0 Å². The van der Waals surface area contributed by atoms with Gasteiger partial charge in [-0.15, -0.1) is 12.6 Å². The van der Waals surface area contributed by atoms with Crippen LogP contribution in [0.3, 0.4) is 0 Å². The number of halogens is 1. The summed E-state index contributed by atoms with van der Waals surface area (Å²) in [5.74, 6) is 0. The van der Waals surface area contributed by atoms with Crippen LogP contribution in [-0.4, -0.2) is 9.55 Å². The van der Waals surface area contributed by atoms with Gasteiger partial charge in [-0.05, 0) is 18.6 Å². The van der Waals surface area contributed by atoms with E-state index in [0.717, 1.165) is 21.4 Å². The highest BCUT2D eigenvalue weighted by Crippen LogP contribution is 2.29. The van der Waals surface area contributed by atoms with Crippen molar-refractivity contribution >= 4 is 32.6 Å². The highest BCUT2D eigenvalue weighted by molar-refractivity contribution is 7.80. The van der Waals surface area contributed by atoms with Crippen LogP contribution in [0.2, 0.25) is 0 Å². The van der Waals surface area contributed by atoms with Crippen LogP contribution < -0.4 is 0 Å². The second-order valence-corrected chi connectivity index (χ2v) is 3.84. The van der Waals surface area contributed by atoms with Gasteiger partial charge in [0.2, 0.25) is 0 Å². The molecule has 0 aliphatic heterocycles. The minimum absolute atomic E-state index is 0.802. The second-order valence-electron chi connectivity index (χ2n) is 2.80. The van der Waals surface area contributed by atoms with E-state index < -0.39 is 9.04 Å². The average Bonchev–Trinajstić information content (AvgIpc) is 2.55. The predicted molar refractivity (Wildman–Crippen MR) is 56.5 cm³/mol. The molecule has 1 aromatic heterocycles. The average molecular weight is 214 g/mol. The first-order valence-corrected chi connectivity index (χ1v) is 5.04. The van der Waals surface area contributed by atoms with Gasteiger partial charge in [0, 0.05) is 10.3 Å². The summed E-state index contributed by atoms with van der Waals surface area (Å²) in [6.45, 7) is 1.97. The Kier molecular flexibility index (Phi) is 2.26. The first-order chi connectivity index (χ1) is 6.24. The number of thiol groups is 1. The number of aromatic nitrogens is 2. The third kappa shape index (κ3) is 1.34. The number of hydrogen-bond donors (Lipinski definition) is 1. The molecule has 1 heterocycles. The zero-order chi connectivity index (χ0) is 9.42. The Morgan fingerprint density at radius 2 is 2.31 bits per heavy atom. The number of hydrogen-bond acceptors (Lipinski definition) is 2. The standard InChI is InChI=1S/C8H8FN2PS/c1-5-2-3-7-6(8(5)13)4-10-11(7)12-9/h2-4,12-13H,1H3. The van der Waals surface area contributed by atoms with Crippen LogP contribution in [0.4, 0.5) is 4.20 Å². The van der Waals surface area contributed by atoms with Gasteiger partial charge >= 0.3 is 0 Å². The van der Waals surface area contributed by atoms with Crippen molar-refractivity contribution in [2.75, 3.05) is 0 Å². The third-order valence-corrected chi connectivity index (χ3v) is 3.12. The van der Waals surface area contributed by atoms with E-state index in [1.807, 2.05) is 19.1 Å². The summed E-state index contributed by atoms with van der Waals surface area (Å²) in [5, 5.41) is 4.83. The summed E-state index contributed by atoms with van der Waals surface area (Å²) in [5.41, 5.74) is 1.88. The zero-order valence-electron chi connectivity index (χ0n) is 6.95. The summed E-state index contributed by atoms with van der Waals surface area (Å²) >= 11 is 4.34. The number of aryl methyl sites for hydroxylation is 1. The molecule has 68 valence electrons. The molecule has 0 fully saturated rings. The third-order valence-electron chi connectivity index (χ3n) is 2.01. The van der Waals surface area contributed by atoms with E-state index >= 15 is 0 Å². The maximum absolute atomic E-state index is 12.4. The van der Waals surface area contributed by atoms with Gasteiger partial charge < -0.3 is 0 Å². The number of rotatable bonds is 1. The molecule has 0 saturated heterocycles. The van der Waals surface area contributed by atoms with E-state index in [9.17, 15) is 4.20 Å². The van der Waals surface area contributed by atoms with Crippen molar-refractivity contribution in [2.24, 2.45) is 0 Å². The first-order valence-electron chi connectivity index (χ1n) is 3.77. The quantitative estimate of drug-likeness (QED) is 0.570. The fourth-order valence-electron chi connectivity index (χ4n) is 1.26. The summed E-state index contributed by atoms with van der Waals surface area (Å²) in [6, 6.07) is 3.78. The summed E-state index contributed by atoms with van der Waals surface area (Å²) in [6.07, 6.45) is 1.65. The highest BCUT2D eigenvalue weighted by atomic mass is 32.1. The Morgan fingerprint density at radius 3 is 3.00 bits per heavy atom. The molecule has 2 nitrogen and oxygen atoms in total. The predicted octanol–water partition coefficient (Wildman–Crippen LogP) is 2.96. The van der Waals surface area contributed by atoms with Gasteiger partial charge in [0.05, 0.1) is 11.7 Å². The van der Waals surface area contributed by atoms with Gasteiger partial charge in [0.15, 0.2) is 9.04 Å². The highest BCUT2D eigenvalue weighted by Gasteiger charge is 2.06. The van der Waals surface area contributed by atoms with Gasteiger partial charge in [-0.1, -0.05) is 6.07 Å². The van der Waals surface area contributed by atoms with Gasteiger partial charge in [-0.3, -0.25) is 0 Å². The Bertz CT molecular complexity index is 455. The molecule has 0 radical (unpaired) electrons. The van der Waals surface area contributed by atoms with E-state index in [4.69, 9.17) is 0 Å². The zero-order valence-corrected chi connectivity index (χ0v) is 8.85. The van der Waals surface area contributed by atoms with Crippen LogP contribution in [-0.2, 0) is 0 Å². The van der Waals surface area contributed by atoms with Crippen molar-refractivity contribution in [1.29, 1.82) is 0 Å². The van der Waals surface area contributed by atoms with Crippen LogP contribution in [0.25, 0.3) is 10.9 Å². The Morgan fingerprint density at radius 1 is 1.54 bits per heavy atom. The van der Waals surface area contributed by atoms with E-state index in [0.29, 0.717) is 0 Å². The summed E-state index contributed by atoms with van der Waals surface area (Å²) in [4.78, 5) is 0.877. The van der Waals surface area contributed by atoms with Crippen LogP contribution in [0.15, 0.2) is 23.2 Å². The summed E-state index contributed by atoms with van der Waals surface area (Å²) in [7, 11) is -0.827. The van der Waals surface area contributed by atoms with Gasteiger partial charge in [0.25, 0.3) is 0 Å². The molecule has 13 heavy (non-hydrogen) atoms. The van der Waals surface area contributed by atoms with Crippen LogP contribution >= 0.6 is 21.7 Å². The van der Waals surface area contributed by atoms with Crippen molar-refractivity contribution in [1.82, 2.24) is 9.55 Å². The van der Waals surface area contributed by atoms with E-state index in [1.54, 1.807) is 6.20 Å². The lowest BCUT2D eigenvalue weighted by molar-refractivity contribution is 0.863. The van der Waals surface area contributed by atoms with Crippen LogP contribution in [0, 0.1) is 6.92 Å². The molecule has 5 heteroatoms. The summed E-state index contributed by atoms with van der Waals surface area (Å²) < 4.78 is 13.8. The van der Waals surface area contributed by atoms with E-state index in [1.165, 1.54) is 4.45 Å². The molecule has 1 atom stereocenters. The van der Waals surface area contributed by atoms with Crippen molar-refractivity contribution < 1.29 is 4.20 Å². The monoisotopic (exact) mass is 214 g/mol. The SMILES string of the molecule is Cc1ccc2c(cnn2PF)c1S. The molecule has 2 rings (SSSR count). The fourth-order valence-corrected chi connectivity index (χ4v) is 1.90. The first kappa shape index (κ1) is 8.97. The Labute approximate surface area is 82.5 Å². The lowest BCUT2D eigenvalue weighted by atomic mass is 10.2. The molecule has 0 aliphatic carbocycles. The molecule has 1 aromatic carbocycles. The smallest absolute Gasteiger partial charge is 0.190 e. The van der Waals surface area contributed by atoms with E-state index in [2.05, 4.69) is 17.7 Å². The molecule has 0 N–H and O–H groups in total. The van der Waals surface area contributed by atoms with Gasteiger partial charge in [-0.25, -0.2) is 8.65 Å². The second kappa shape index (κ2) is 3.28. The molecule has 0 aliphatic rings. The van der Waals surface area contributed by atoms with Crippen molar-refractivity contribution in [3.8, 4) is 0 Å². The lowest BCUT2D eigenvalue weighted by Crippen LogP contribution is -1.83. The minimum atomic E-state index is -0.827. The molecule has 0 saturated carbocycles. The van der Waals surface area contributed by atoms with Crippen LogP contribution in [0.1, 0.15) is 5.56 Å². The molecular formula is C8H8FN2PS. The van der Waals surface area contributed by atoms with E-state index in [-0.39, 0.29) is 0 Å². The molecular weight excluding hydrogens is 206 g/mol. The van der Waals surface area contributed by atoms with Gasteiger partial charge in [-0.2, -0.15) is 5.10 Å². The number of fused-ring (bicyclic) bond motifs is 1. The Balaban J connectivity index is 2.81. The number of benzene rings is 1. The fraction of sp³-hybridized carbons (Fsp3) is 0.125. The maximum atomic E-state index is 12.4. The topological polar surface area (TPSA) is 17.8 Å². The molecule has 0 bridgehead atoms. The molecule has 0 spiro atoms. The normalized spacial score (nSPS) is 11.9. The van der Waals surface area contributed by atoms with Crippen molar-refractivity contribution in [3.63, 3.8) is 0 Å². The molecule has 1 unspecified atom stereocenters. The maximum Gasteiger partial charge on any atom is 0.190 e. The molecule has 2 aromatic rings. The van der Waals surface area contributed by atoms with Crippen molar-refractivity contribution in [2.45, 2.75) is 11.8 Å². The molecule has 0 amide bonds. The lowest BCUT2D eigenvalue weighted by Gasteiger charge is -2.00.